The lowest BCUT2D eigenvalue weighted by Crippen LogP contribution is -2.40. The van der Waals surface area contributed by atoms with Crippen LogP contribution in [0.15, 0.2) is 30.5 Å². The number of aromatic nitrogens is 1. The second-order valence-corrected chi connectivity index (χ2v) is 6.61. The van der Waals surface area contributed by atoms with Crippen LogP contribution in [0.1, 0.15) is 26.2 Å². The van der Waals surface area contributed by atoms with Crippen molar-refractivity contribution in [3.8, 4) is 5.75 Å². The first-order valence-electron chi connectivity index (χ1n) is 8.20. The highest BCUT2D eigenvalue weighted by molar-refractivity contribution is 6.35. The molecule has 1 amide bonds. The van der Waals surface area contributed by atoms with Gasteiger partial charge in [-0.15, -0.1) is 0 Å². The highest BCUT2D eigenvalue weighted by atomic mass is 35.5. The molecule has 0 aliphatic carbocycles. The Balaban J connectivity index is 1.70. The zero-order valence-corrected chi connectivity index (χ0v) is 14.4. The number of benzene rings is 1. The van der Waals surface area contributed by atoms with Crippen LogP contribution in [0.2, 0.25) is 5.02 Å². The molecule has 6 heteroatoms. The number of fused-ring (bicyclic) bond motifs is 1. The van der Waals surface area contributed by atoms with Gasteiger partial charge in [-0.25, -0.2) is 0 Å². The predicted octanol–water partition coefficient (Wildman–Crippen LogP) is 3.03. The lowest BCUT2D eigenvalue weighted by molar-refractivity contribution is -0.134. The summed E-state index contributed by atoms with van der Waals surface area (Å²) in [6, 6.07) is 7.27. The maximum absolute atomic E-state index is 12.5. The molecule has 1 N–H and O–H groups in total. The molecule has 2 heterocycles. The molecule has 0 radical (unpaired) electrons. The standard InChI is InChI=1S/C18H21ClN2O3/c1-12(22)10-13-4-3-9-21(13)17(23)11-24-16-7-6-15(19)14-5-2-8-20-18(14)16/h2,5-8,12-13,22H,3-4,9-11H2,1H3. The van der Waals surface area contributed by atoms with E-state index in [1.807, 2.05) is 17.0 Å². The van der Waals surface area contributed by atoms with Crippen molar-refractivity contribution in [2.75, 3.05) is 13.2 Å². The number of likely N-dealkylation sites (tertiary alicyclic amines) is 1. The van der Waals surface area contributed by atoms with Crippen molar-refractivity contribution in [1.29, 1.82) is 0 Å². The van der Waals surface area contributed by atoms with Crippen LogP contribution in [0.25, 0.3) is 10.9 Å². The van der Waals surface area contributed by atoms with E-state index >= 15 is 0 Å². The molecule has 1 aliphatic rings. The van der Waals surface area contributed by atoms with Crippen LogP contribution in [0.5, 0.6) is 5.75 Å². The van der Waals surface area contributed by atoms with Crippen LogP contribution in [0, 0.1) is 0 Å². The Kier molecular flexibility index (Phi) is 5.21. The summed E-state index contributed by atoms with van der Waals surface area (Å²) in [5, 5.41) is 11.0. The van der Waals surface area contributed by atoms with Crippen LogP contribution in [0.3, 0.4) is 0 Å². The second kappa shape index (κ2) is 7.36. The molecular formula is C18H21ClN2O3. The number of amides is 1. The molecule has 2 unspecified atom stereocenters. The van der Waals surface area contributed by atoms with Crippen molar-refractivity contribution in [1.82, 2.24) is 9.88 Å². The first-order valence-corrected chi connectivity index (χ1v) is 8.57. The topological polar surface area (TPSA) is 62.7 Å². The van der Waals surface area contributed by atoms with Crippen molar-refractivity contribution in [2.45, 2.75) is 38.3 Å². The summed E-state index contributed by atoms with van der Waals surface area (Å²) < 4.78 is 5.73. The first-order chi connectivity index (χ1) is 11.6. The SMILES string of the molecule is CC(O)CC1CCCN1C(=O)COc1ccc(Cl)c2cccnc12. The normalized spacial score (nSPS) is 18.8. The molecule has 1 aliphatic heterocycles. The van der Waals surface area contributed by atoms with Crippen LogP contribution in [-0.4, -0.2) is 46.2 Å². The van der Waals surface area contributed by atoms with Gasteiger partial charge >= 0.3 is 0 Å². The van der Waals surface area contributed by atoms with Gasteiger partial charge in [-0.3, -0.25) is 9.78 Å². The molecule has 1 saturated heterocycles. The van der Waals surface area contributed by atoms with Gasteiger partial charge in [0.25, 0.3) is 5.91 Å². The van der Waals surface area contributed by atoms with Gasteiger partial charge in [0, 0.05) is 24.2 Å². The zero-order chi connectivity index (χ0) is 17.1. The Morgan fingerprint density at radius 2 is 2.33 bits per heavy atom. The van der Waals surface area contributed by atoms with Gasteiger partial charge in [-0.1, -0.05) is 11.6 Å². The maximum atomic E-state index is 12.5. The quantitative estimate of drug-likeness (QED) is 0.902. The molecule has 1 aromatic carbocycles. The van der Waals surface area contributed by atoms with Crippen molar-refractivity contribution in [3.63, 3.8) is 0 Å². The molecule has 24 heavy (non-hydrogen) atoms. The summed E-state index contributed by atoms with van der Waals surface area (Å²) in [7, 11) is 0. The number of hydrogen-bond acceptors (Lipinski definition) is 4. The van der Waals surface area contributed by atoms with E-state index in [0.717, 1.165) is 24.8 Å². The van der Waals surface area contributed by atoms with Gasteiger partial charge in [0.15, 0.2) is 6.61 Å². The van der Waals surface area contributed by atoms with Gasteiger partial charge in [0.2, 0.25) is 0 Å². The van der Waals surface area contributed by atoms with Gasteiger partial charge < -0.3 is 14.7 Å². The van der Waals surface area contributed by atoms with Gasteiger partial charge in [0.1, 0.15) is 11.3 Å². The van der Waals surface area contributed by atoms with E-state index in [-0.39, 0.29) is 18.6 Å². The number of aliphatic hydroxyl groups excluding tert-OH is 1. The minimum absolute atomic E-state index is 0.0381. The fraction of sp³-hybridized carbons (Fsp3) is 0.444. The molecule has 3 rings (SSSR count). The summed E-state index contributed by atoms with van der Waals surface area (Å²) in [4.78, 5) is 18.6. The second-order valence-electron chi connectivity index (χ2n) is 6.20. The van der Waals surface area contributed by atoms with Crippen molar-refractivity contribution in [2.24, 2.45) is 0 Å². The number of rotatable bonds is 5. The first kappa shape index (κ1) is 17.0. The Morgan fingerprint density at radius 3 is 3.12 bits per heavy atom. The summed E-state index contributed by atoms with van der Waals surface area (Å²) >= 11 is 6.17. The van der Waals surface area contributed by atoms with Crippen LogP contribution >= 0.6 is 11.6 Å². The largest absolute Gasteiger partial charge is 0.481 e. The lowest BCUT2D eigenvalue weighted by Gasteiger charge is -2.25. The summed E-state index contributed by atoms with van der Waals surface area (Å²) in [5.41, 5.74) is 0.653. The highest BCUT2D eigenvalue weighted by Gasteiger charge is 2.29. The third-order valence-electron chi connectivity index (χ3n) is 4.34. The average molecular weight is 349 g/mol. The monoisotopic (exact) mass is 348 g/mol. The molecule has 0 spiro atoms. The van der Waals surface area contributed by atoms with E-state index < -0.39 is 6.10 Å². The summed E-state index contributed by atoms with van der Waals surface area (Å²) in [6.07, 6.45) is 3.77. The number of carbonyl (C=O) groups excluding carboxylic acids is 1. The number of carbonyl (C=O) groups is 1. The average Bonchev–Trinajstić information content (AvgIpc) is 3.02. The zero-order valence-electron chi connectivity index (χ0n) is 13.6. The van der Waals surface area contributed by atoms with E-state index in [4.69, 9.17) is 16.3 Å². The lowest BCUT2D eigenvalue weighted by atomic mass is 10.1. The fourth-order valence-corrected chi connectivity index (χ4v) is 3.47. The fourth-order valence-electron chi connectivity index (χ4n) is 3.25. The number of pyridine rings is 1. The number of nitrogens with zero attached hydrogens (tertiary/aromatic N) is 2. The predicted molar refractivity (Wildman–Crippen MR) is 93.3 cm³/mol. The van der Waals surface area contributed by atoms with Crippen LogP contribution < -0.4 is 4.74 Å². The summed E-state index contributed by atoms with van der Waals surface area (Å²) in [5.74, 6) is 0.492. The third-order valence-corrected chi connectivity index (χ3v) is 4.67. The van der Waals surface area contributed by atoms with Crippen LogP contribution in [0.4, 0.5) is 0 Å². The van der Waals surface area contributed by atoms with E-state index in [1.165, 1.54) is 0 Å². The van der Waals surface area contributed by atoms with Gasteiger partial charge in [0.05, 0.1) is 11.1 Å². The minimum atomic E-state index is -0.409. The molecule has 128 valence electrons. The third kappa shape index (κ3) is 3.62. The van der Waals surface area contributed by atoms with E-state index in [0.29, 0.717) is 22.7 Å². The maximum Gasteiger partial charge on any atom is 0.260 e. The van der Waals surface area contributed by atoms with Crippen molar-refractivity contribution in [3.05, 3.63) is 35.5 Å². The summed E-state index contributed by atoms with van der Waals surface area (Å²) in [6.45, 7) is 2.44. The number of halogens is 1. The number of ether oxygens (including phenoxy) is 1. The number of aliphatic hydroxyl groups is 1. The van der Waals surface area contributed by atoms with E-state index in [9.17, 15) is 9.90 Å². The Bertz CT molecular complexity index is 735. The highest BCUT2D eigenvalue weighted by Crippen LogP contribution is 2.30. The molecule has 1 aromatic heterocycles. The smallest absolute Gasteiger partial charge is 0.260 e. The van der Waals surface area contributed by atoms with Crippen LogP contribution in [-0.2, 0) is 4.79 Å². The number of hydrogen-bond donors (Lipinski definition) is 1. The Hall–Kier alpha value is -1.85. The molecule has 1 fully saturated rings. The van der Waals surface area contributed by atoms with E-state index in [1.54, 1.807) is 25.3 Å². The molecule has 0 bridgehead atoms. The minimum Gasteiger partial charge on any atom is -0.481 e. The van der Waals surface area contributed by atoms with Crippen molar-refractivity contribution < 1.29 is 14.6 Å². The molecule has 2 aromatic rings. The Morgan fingerprint density at radius 1 is 1.50 bits per heavy atom. The molecule has 5 nitrogen and oxygen atoms in total. The van der Waals surface area contributed by atoms with Gasteiger partial charge in [-0.2, -0.15) is 0 Å². The molecule has 2 atom stereocenters. The van der Waals surface area contributed by atoms with E-state index in [2.05, 4.69) is 4.98 Å². The van der Waals surface area contributed by atoms with Gasteiger partial charge in [-0.05, 0) is 50.5 Å². The molecule has 0 saturated carbocycles. The Labute approximate surface area is 146 Å². The molecular weight excluding hydrogens is 328 g/mol. The van der Waals surface area contributed by atoms with Crippen molar-refractivity contribution >= 4 is 28.4 Å².